The molecule has 3 nitrogen and oxygen atoms in total. The summed E-state index contributed by atoms with van der Waals surface area (Å²) in [5.74, 6) is 0.934. The Morgan fingerprint density at radius 2 is 1.02 bits per heavy atom. The maximum absolute atomic E-state index is 5.14. The van der Waals surface area contributed by atoms with Gasteiger partial charge in [0.2, 0.25) is 0 Å². The van der Waals surface area contributed by atoms with Crippen LogP contribution in [-0.2, 0) is 0 Å². The van der Waals surface area contributed by atoms with E-state index in [0.29, 0.717) is 0 Å². The Labute approximate surface area is 285 Å². The van der Waals surface area contributed by atoms with Crippen molar-refractivity contribution in [2.45, 2.75) is 0 Å². The van der Waals surface area contributed by atoms with Gasteiger partial charge in [-0.3, -0.25) is 4.57 Å². The van der Waals surface area contributed by atoms with E-state index in [1.165, 1.54) is 63.5 Å². The molecule has 3 heterocycles. The second-order valence-electron chi connectivity index (χ2n) is 12.7. The third-order valence-electron chi connectivity index (χ3n) is 10.1. The molecule has 0 aliphatic carbocycles. The van der Waals surface area contributed by atoms with Crippen LogP contribution in [0.4, 0.5) is 0 Å². The highest BCUT2D eigenvalue weighted by Gasteiger charge is 2.22. The average molecular weight is 642 g/mol. The van der Waals surface area contributed by atoms with E-state index in [1.54, 1.807) is 0 Å². The molecule has 0 amide bonds. The number of hydrogen-bond acceptors (Lipinski definition) is 2. The first-order chi connectivity index (χ1) is 24.3. The Balaban J connectivity index is 1.24. The summed E-state index contributed by atoms with van der Waals surface area (Å²) in [4.78, 5) is 5.14. The van der Waals surface area contributed by atoms with Crippen molar-refractivity contribution < 1.29 is 0 Å². The standard InChI is InChI=1S/C45H27N3S/c1-2-12-29(13-3-1)48-37-20-10-9-19-36(37)46-45(48)28-22-24-30(25-23-28)47-38-26-27-40-41(35-18-8-11-21-39(35)49-40)43(38)42-33-16-6-4-14-31(33)32-15-5-7-17-34(32)44(42)47/h1-27H. The molecule has 11 aromatic rings. The predicted octanol–water partition coefficient (Wildman–Crippen LogP) is 12.5. The molecule has 0 saturated heterocycles. The lowest BCUT2D eigenvalue weighted by atomic mass is 9.95. The predicted molar refractivity (Wildman–Crippen MR) is 209 cm³/mol. The van der Waals surface area contributed by atoms with Crippen LogP contribution in [0, 0.1) is 0 Å². The zero-order valence-corrected chi connectivity index (χ0v) is 27.2. The van der Waals surface area contributed by atoms with E-state index in [-0.39, 0.29) is 0 Å². The van der Waals surface area contributed by atoms with Crippen molar-refractivity contribution >= 4 is 85.9 Å². The molecule has 0 spiro atoms. The van der Waals surface area contributed by atoms with E-state index in [1.807, 2.05) is 11.3 Å². The first kappa shape index (κ1) is 26.8. The summed E-state index contributed by atoms with van der Waals surface area (Å²) in [7, 11) is 0. The fourth-order valence-corrected chi connectivity index (χ4v) is 9.17. The van der Waals surface area contributed by atoms with Crippen LogP contribution in [0.2, 0.25) is 0 Å². The van der Waals surface area contributed by atoms with Crippen molar-refractivity contribution in [3.05, 3.63) is 164 Å². The monoisotopic (exact) mass is 641 g/mol. The van der Waals surface area contributed by atoms with Crippen molar-refractivity contribution in [2.75, 3.05) is 0 Å². The number of fused-ring (bicyclic) bond motifs is 13. The molecule has 0 radical (unpaired) electrons. The number of aromatic nitrogens is 3. The van der Waals surface area contributed by atoms with E-state index in [4.69, 9.17) is 4.98 Å². The highest BCUT2D eigenvalue weighted by Crippen LogP contribution is 2.47. The molecule has 0 bridgehead atoms. The van der Waals surface area contributed by atoms with Crippen molar-refractivity contribution in [2.24, 2.45) is 0 Å². The van der Waals surface area contributed by atoms with Gasteiger partial charge < -0.3 is 4.57 Å². The van der Waals surface area contributed by atoms with Crippen LogP contribution in [0.15, 0.2) is 164 Å². The van der Waals surface area contributed by atoms with Gasteiger partial charge in [-0.25, -0.2) is 4.98 Å². The molecule has 0 atom stereocenters. The van der Waals surface area contributed by atoms with Crippen LogP contribution in [0.3, 0.4) is 0 Å². The fraction of sp³-hybridized carbons (Fsp3) is 0. The molecular weight excluding hydrogens is 615 g/mol. The van der Waals surface area contributed by atoms with Crippen molar-refractivity contribution in [3.63, 3.8) is 0 Å². The van der Waals surface area contributed by atoms with Gasteiger partial charge in [-0.15, -0.1) is 11.3 Å². The van der Waals surface area contributed by atoms with Crippen molar-refractivity contribution in [3.8, 4) is 22.8 Å². The second-order valence-corrected chi connectivity index (χ2v) is 13.8. The number of nitrogens with zero attached hydrogens (tertiary/aromatic N) is 3. The molecule has 3 aromatic heterocycles. The molecule has 0 aliphatic rings. The Bertz CT molecular complexity index is 3090. The average Bonchev–Trinajstić information content (AvgIpc) is 3.85. The van der Waals surface area contributed by atoms with E-state index in [9.17, 15) is 0 Å². The van der Waals surface area contributed by atoms with E-state index in [0.717, 1.165) is 33.8 Å². The lowest BCUT2D eigenvalue weighted by Crippen LogP contribution is -1.98. The van der Waals surface area contributed by atoms with Gasteiger partial charge in [-0.2, -0.15) is 0 Å². The van der Waals surface area contributed by atoms with Crippen LogP contribution >= 0.6 is 11.3 Å². The molecule has 0 unspecified atom stereocenters. The topological polar surface area (TPSA) is 22.8 Å². The van der Waals surface area contributed by atoms with Crippen LogP contribution < -0.4 is 0 Å². The number of para-hydroxylation sites is 3. The summed E-state index contributed by atoms with van der Waals surface area (Å²) in [5.41, 5.74) is 7.85. The van der Waals surface area contributed by atoms with Crippen LogP contribution in [-0.4, -0.2) is 14.1 Å². The Hall–Kier alpha value is -6.23. The van der Waals surface area contributed by atoms with Gasteiger partial charge in [-0.1, -0.05) is 97.1 Å². The van der Waals surface area contributed by atoms with Gasteiger partial charge >= 0.3 is 0 Å². The lowest BCUT2D eigenvalue weighted by Gasteiger charge is -2.13. The van der Waals surface area contributed by atoms with E-state index in [2.05, 4.69) is 173 Å². The quantitative estimate of drug-likeness (QED) is 0.176. The minimum Gasteiger partial charge on any atom is -0.309 e. The van der Waals surface area contributed by atoms with Crippen LogP contribution in [0.1, 0.15) is 0 Å². The number of thiophene rings is 1. The summed E-state index contributed by atoms with van der Waals surface area (Å²) in [6, 6.07) is 59.2. The molecule has 228 valence electrons. The van der Waals surface area contributed by atoms with E-state index >= 15 is 0 Å². The van der Waals surface area contributed by atoms with Gasteiger partial charge in [-0.05, 0) is 82.9 Å². The zero-order valence-electron chi connectivity index (χ0n) is 26.3. The number of benzene rings is 8. The largest absolute Gasteiger partial charge is 0.309 e. The van der Waals surface area contributed by atoms with Gasteiger partial charge in [0.25, 0.3) is 0 Å². The highest BCUT2D eigenvalue weighted by molar-refractivity contribution is 7.26. The maximum Gasteiger partial charge on any atom is 0.145 e. The van der Waals surface area contributed by atoms with Crippen molar-refractivity contribution in [1.29, 1.82) is 0 Å². The molecule has 4 heteroatoms. The summed E-state index contributed by atoms with van der Waals surface area (Å²) in [5, 5.41) is 10.4. The molecular formula is C45H27N3S. The smallest absolute Gasteiger partial charge is 0.145 e. The first-order valence-corrected chi connectivity index (χ1v) is 17.5. The van der Waals surface area contributed by atoms with Gasteiger partial charge in [0.05, 0.1) is 22.1 Å². The summed E-state index contributed by atoms with van der Waals surface area (Å²) in [6.45, 7) is 0. The zero-order chi connectivity index (χ0) is 32.1. The fourth-order valence-electron chi connectivity index (χ4n) is 8.06. The molecule has 8 aromatic carbocycles. The second kappa shape index (κ2) is 10.1. The molecule has 0 aliphatic heterocycles. The van der Waals surface area contributed by atoms with Gasteiger partial charge in [0, 0.05) is 53.3 Å². The van der Waals surface area contributed by atoms with Crippen LogP contribution in [0.25, 0.3) is 97.3 Å². The summed E-state index contributed by atoms with van der Waals surface area (Å²) in [6.07, 6.45) is 0. The Morgan fingerprint density at radius 1 is 0.388 bits per heavy atom. The molecule has 49 heavy (non-hydrogen) atoms. The Kier molecular flexibility index (Phi) is 5.54. The SMILES string of the molecule is c1ccc(-n2c(-c3ccc(-n4c5ccc6sc7ccccc7c6c5c5c6ccccc6c6ccccc6c54)cc3)nc3ccccc32)cc1. The molecule has 0 N–H and O–H groups in total. The number of imidazole rings is 1. The first-order valence-electron chi connectivity index (χ1n) is 16.6. The minimum absolute atomic E-state index is 0.934. The number of rotatable bonds is 3. The molecule has 0 fully saturated rings. The third kappa shape index (κ3) is 3.75. The molecule has 11 rings (SSSR count). The maximum atomic E-state index is 5.14. The highest BCUT2D eigenvalue weighted by atomic mass is 32.1. The Morgan fingerprint density at radius 3 is 1.84 bits per heavy atom. The lowest BCUT2D eigenvalue weighted by molar-refractivity contribution is 1.10. The van der Waals surface area contributed by atoms with E-state index < -0.39 is 0 Å². The minimum atomic E-state index is 0.934. The van der Waals surface area contributed by atoms with Crippen molar-refractivity contribution in [1.82, 2.24) is 14.1 Å². The number of hydrogen-bond donors (Lipinski definition) is 0. The molecule has 0 saturated carbocycles. The summed E-state index contributed by atoms with van der Waals surface area (Å²) < 4.78 is 7.40. The van der Waals surface area contributed by atoms with Gasteiger partial charge in [0.15, 0.2) is 0 Å². The normalized spacial score (nSPS) is 12.1. The summed E-state index contributed by atoms with van der Waals surface area (Å²) >= 11 is 1.88. The third-order valence-corrected chi connectivity index (χ3v) is 11.2. The van der Waals surface area contributed by atoms with Crippen LogP contribution in [0.5, 0.6) is 0 Å². The van der Waals surface area contributed by atoms with Gasteiger partial charge in [0.1, 0.15) is 5.82 Å².